The first-order valence-electron chi connectivity index (χ1n) is 2.55. The molecular formula is C6H7Cl2NO. The first-order valence-corrected chi connectivity index (χ1v) is 2.93. The van der Waals surface area contributed by atoms with Crippen molar-refractivity contribution in [3.05, 3.63) is 34.3 Å². The van der Waals surface area contributed by atoms with Gasteiger partial charge in [0, 0.05) is 19.1 Å². The fourth-order valence-corrected chi connectivity index (χ4v) is 0.782. The van der Waals surface area contributed by atoms with E-state index in [1.165, 1.54) is 6.20 Å². The van der Waals surface area contributed by atoms with Gasteiger partial charge in [-0.1, -0.05) is 11.6 Å². The molecule has 56 valence electrons. The van der Waals surface area contributed by atoms with E-state index in [0.717, 1.165) is 4.73 Å². The van der Waals surface area contributed by atoms with Crippen molar-refractivity contribution in [2.24, 2.45) is 0 Å². The van der Waals surface area contributed by atoms with Crippen molar-refractivity contribution in [3.63, 3.8) is 0 Å². The second kappa shape index (κ2) is 3.64. The summed E-state index contributed by atoms with van der Waals surface area (Å²) >= 11 is 5.56. The van der Waals surface area contributed by atoms with Gasteiger partial charge in [-0.05, 0) is 0 Å². The first kappa shape index (κ1) is 9.53. The molecule has 0 aromatic carbocycles. The summed E-state index contributed by atoms with van der Waals surface area (Å²) < 4.78 is 0.770. The zero-order valence-corrected chi connectivity index (χ0v) is 6.95. The number of aryl methyl sites for hydroxylation is 1. The number of nitrogens with zero attached hydrogens (tertiary/aromatic N) is 1. The third kappa shape index (κ3) is 2.05. The van der Waals surface area contributed by atoms with Gasteiger partial charge in [-0.2, -0.15) is 4.73 Å². The number of rotatable bonds is 0. The van der Waals surface area contributed by atoms with Crippen molar-refractivity contribution in [1.82, 2.24) is 0 Å². The molecule has 10 heavy (non-hydrogen) atoms. The molecule has 0 N–H and O–H groups in total. The van der Waals surface area contributed by atoms with Crippen molar-refractivity contribution < 1.29 is 4.73 Å². The van der Waals surface area contributed by atoms with Crippen molar-refractivity contribution in [2.45, 2.75) is 6.92 Å². The molecule has 0 saturated heterocycles. The minimum Gasteiger partial charge on any atom is -0.619 e. The first-order chi connectivity index (χ1) is 4.20. The van der Waals surface area contributed by atoms with Crippen LogP contribution in [0.15, 0.2) is 18.3 Å². The van der Waals surface area contributed by atoms with Crippen LogP contribution in [-0.2, 0) is 0 Å². The molecule has 0 fully saturated rings. The highest BCUT2D eigenvalue weighted by Crippen LogP contribution is 2.04. The Morgan fingerprint density at radius 3 is 2.60 bits per heavy atom. The van der Waals surface area contributed by atoms with Crippen LogP contribution in [0.5, 0.6) is 0 Å². The average Bonchev–Trinajstić information content (AvgIpc) is 1.80. The van der Waals surface area contributed by atoms with Crippen molar-refractivity contribution >= 4 is 24.0 Å². The predicted molar refractivity (Wildman–Crippen MR) is 42.4 cm³/mol. The maximum absolute atomic E-state index is 10.6. The fraction of sp³-hybridized carbons (Fsp3) is 0.167. The SMILES string of the molecule is Cc1cc(Cl)cc[n+]1[O-].Cl. The molecule has 0 aliphatic carbocycles. The average molecular weight is 180 g/mol. The standard InChI is InChI=1S/C6H6ClNO.ClH/c1-5-4-6(7)2-3-8(5)9;/h2-4H,1H3;1H. The van der Waals surface area contributed by atoms with Crippen LogP contribution in [0.2, 0.25) is 5.02 Å². The zero-order valence-electron chi connectivity index (χ0n) is 5.37. The van der Waals surface area contributed by atoms with Crippen LogP contribution < -0.4 is 4.73 Å². The van der Waals surface area contributed by atoms with Gasteiger partial charge < -0.3 is 5.21 Å². The molecular weight excluding hydrogens is 173 g/mol. The molecule has 0 spiro atoms. The largest absolute Gasteiger partial charge is 0.619 e. The monoisotopic (exact) mass is 179 g/mol. The van der Waals surface area contributed by atoms with Crippen LogP contribution in [0.3, 0.4) is 0 Å². The molecule has 0 aliphatic heterocycles. The Kier molecular flexibility index (Phi) is 3.47. The number of hydrogen-bond donors (Lipinski definition) is 0. The van der Waals surface area contributed by atoms with Gasteiger partial charge in [-0.3, -0.25) is 0 Å². The fourth-order valence-electron chi connectivity index (χ4n) is 0.568. The molecule has 0 amide bonds. The summed E-state index contributed by atoms with van der Waals surface area (Å²) in [6.45, 7) is 1.71. The molecule has 1 rings (SSSR count). The van der Waals surface area contributed by atoms with Gasteiger partial charge in [0.15, 0.2) is 11.9 Å². The van der Waals surface area contributed by atoms with E-state index in [0.29, 0.717) is 10.7 Å². The molecule has 0 radical (unpaired) electrons. The van der Waals surface area contributed by atoms with E-state index in [2.05, 4.69) is 0 Å². The summed E-state index contributed by atoms with van der Waals surface area (Å²) in [5.41, 5.74) is 0.613. The van der Waals surface area contributed by atoms with Gasteiger partial charge in [0.1, 0.15) is 0 Å². The maximum atomic E-state index is 10.6. The lowest BCUT2D eigenvalue weighted by molar-refractivity contribution is -0.612. The summed E-state index contributed by atoms with van der Waals surface area (Å²) in [5, 5.41) is 11.2. The highest BCUT2D eigenvalue weighted by Gasteiger charge is 1.96. The molecule has 0 unspecified atom stereocenters. The second-order valence-electron chi connectivity index (χ2n) is 1.81. The summed E-state index contributed by atoms with van der Waals surface area (Å²) in [6, 6.07) is 3.18. The van der Waals surface area contributed by atoms with Gasteiger partial charge in [0.2, 0.25) is 0 Å². The molecule has 0 atom stereocenters. The zero-order chi connectivity index (χ0) is 6.85. The normalized spacial score (nSPS) is 8.60. The number of aromatic nitrogens is 1. The Labute approximate surface area is 70.4 Å². The van der Waals surface area contributed by atoms with Gasteiger partial charge in [-0.25, -0.2) is 0 Å². The lowest BCUT2D eigenvalue weighted by Crippen LogP contribution is -2.28. The van der Waals surface area contributed by atoms with Crippen LogP contribution in [0.25, 0.3) is 0 Å². The minimum absolute atomic E-state index is 0. The van der Waals surface area contributed by atoms with Gasteiger partial charge >= 0.3 is 0 Å². The quantitative estimate of drug-likeness (QED) is 0.441. The Morgan fingerprint density at radius 2 is 2.20 bits per heavy atom. The van der Waals surface area contributed by atoms with E-state index < -0.39 is 0 Å². The van der Waals surface area contributed by atoms with Gasteiger partial charge in [-0.15, -0.1) is 12.4 Å². The van der Waals surface area contributed by atoms with E-state index in [1.807, 2.05) is 0 Å². The van der Waals surface area contributed by atoms with E-state index in [4.69, 9.17) is 11.6 Å². The highest BCUT2D eigenvalue weighted by atomic mass is 35.5. The maximum Gasteiger partial charge on any atom is 0.191 e. The molecule has 0 bridgehead atoms. The highest BCUT2D eigenvalue weighted by molar-refractivity contribution is 6.30. The number of pyridine rings is 1. The van der Waals surface area contributed by atoms with E-state index in [9.17, 15) is 5.21 Å². The third-order valence-electron chi connectivity index (χ3n) is 1.06. The van der Waals surface area contributed by atoms with Crippen molar-refractivity contribution in [3.8, 4) is 0 Å². The molecule has 0 aliphatic rings. The number of halogens is 2. The van der Waals surface area contributed by atoms with Gasteiger partial charge in [0.25, 0.3) is 0 Å². The Hall–Kier alpha value is -0.470. The van der Waals surface area contributed by atoms with Crippen LogP contribution >= 0.6 is 24.0 Å². The van der Waals surface area contributed by atoms with E-state index >= 15 is 0 Å². The second-order valence-corrected chi connectivity index (χ2v) is 2.25. The lowest BCUT2D eigenvalue weighted by atomic mass is 10.4. The Balaban J connectivity index is 0.000000810. The predicted octanol–water partition coefficient (Wildman–Crippen LogP) is 1.70. The van der Waals surface area contributed by atoms with Crippen LogP contribution in [-0.4, -0.2) is 0 Å². The third-order valence-corrected chi connectivity index (χ3v) is 1.30. The van der Waals surface area contributed by atoms with Crippen LogP contribution in [0, 0.1) is 12.1 Å². The van der Waals surface area contributed by atoms with Crippen molar-refractivity contribution in [2.75, 3.05) is 0 Å². The molecule has 2 nitrogen and oxygen atoms in total. The molecule has 1 heterocycles. The lowest BCUT2D eigenvalue weighted by Gasteiger charge is -1.97. The topological polar surface area (TPSA) is 26.9 Å². The molecule has 4 heteroatoms. The number of hydrogen-bond acceptors (Lipinski definition) is 1. The summed E-state index contributed by atoms with van der Waals surface area (Å²) in [5.74, 6) is 0. The summed E-state index contributed by atoms with van der Waals surface area (Å²) in [6.07, 6.45) is 1.39. The van der Waals surface area contributed by atoms with E-state index in [1.54, 1.807) is 19.1 Å². The molecule has 1 aromatic rings. The summed E-state index contributed by atoms with van der Waals surface area (Å²) in [7, 11) is 0. The summed E-state index contributed by atoms with van der Waals surface area (Å²) in [4.78, 5) is 0. The Bertz CT molecular complexity index is 227. The van der Waals surface area contributed by atoms with Gasteiger partial charge in [0.05, 0.1) is 5.02 Å². The molecule has 0 saturated carbocycles. The van der Waals surface area contributed by atoms with Crippen LogP contribution in [0.4, 0.5) is 0 Å². The van der Waals surface area contributed by atoms with E-state index in [-0.39, 0.29) is 12.4 Å². The molecule has 1 aromatic heterocycles. The van der Waals surface area contributed by atoms with Crippen molar-refractivity contribution in [1.29, 1.82) is 0 Å². The van der Waals surface area contributed by atoms with Crippen LogP contribution in [0.1, 0.15) is 5.69 Å². The minimum atomic E-state index is 0. The Morgan fingerprint density at radius 1 is 1.60 bits per heavy atom. The smallest absolute Gasteiger partial charge is 0.191 e.